The fourth-order valence-corrected chi connectivity index (χ4v) is 4.72. The lowest BCUT2D eigenvalue weighted by Gasteiger charge is -2.05. The Morgan fingerprint density at radius 3 is 2.62 bits per heavy atom. The summed E-state index contributed by atoms with van der Waals surface area (Å²) in [5.41, 5.74) is 6.29. The number of anilines is 2. The maximum Gasteiger partial charge on any atom is 0.235 e. The Morgan fingerprint density at radius 2 is 2.00 bits per heavy atom. The van der Waals surface area contributed by atoms with Gasteiger partial charge in [-0.15, -0.1) is 22.0 Å². The summed E-state index contributed by atoms with van der Waals surface area (Å²) < 4.78 is 26.3. The monoisotopic (exact) mass is 344 g/mol. The number of nitrogen functional groups attached to an aromatic ring is 1. The van der Waals surface area contributed by atoms with Crippen LogP contribution in [0.4, 0.5) is 10.8 Å². The maximum absolute atomic E-state index is 11.9. The van der Waals surface area contributed by atoms with Crippen molar-refractivity contribution in [1.29, 1.82) is 0 Å². The van der Waals surface area contributed by atoms with Gasteiger partial charge in [-0.3, -0.25) is 4.72 Å². The van der Waals surface area contributed by atoms with Crippen LogP contribution in [0.25, 0.3) is 0 Å². The molecule has 21 heavy (non-hydrogen) atoms. The van der Waals surface area contributed by atoms with Gasteiger partial charge in [0.15, 0.2) is 0 Å². The number of hydrogen-bond acceptors (Lipinski definition) is 7. The SMILES string of the molecule is CCc1nnc(NS(=O)(=O)CCSc2ccc(N)cc2)s1. The third-order valence-corrected chi connectivity index (χ3v) is 6.14. The van der Waals surface area contributed by atoms with E-state index in [9.17, 15) is 8.42 Å². The van der Waals surface area contributed by atoms with E-state index in [0.717, 1.165) is 16.3 Å². The van der Waals surface area contributed by atoms with Crippen molar-refractivity contribution in [2.24, 2.45) is 0 Å². The average molecular weight is 344 g/mol. The summed E-state index contributed by atoms with van der Waals surface area (Å²) in [5, 5.41) is 8.82. The van der Waals surface area contributed by atoms with Crippen molar-refractivity contribution >= 4 is 43.9 Å². The largest absolute Gasteiger partial charge is 0.399 e. The highest BCUT2D eigenvalue weighted by Gasteiger charge is 2.13. The lowest BCUT2D eigenvalue weighted by atomic mass is 10.3. The first-order valence-electron chi connectivity index (χ1n) is 6.30. The molecule has 1 aromatic carbocycles. The number of benzene rings is 1. The first kappa shape index (κ1) is 16.1. The minimum absolute atomic E-state index is 0.0169. The van der Waals surface area contributed by atoms with E-state index < -0.39 is 10.0 Å². The molecular weight excluding hydrogens is 328 g/mol. The molecular formula is C12H16N4O2S3. The minimum atomic E-state index is -3.40. The number of nitrogens with zero attached hydrogens (tertiary/aromatic N) is 2. The zero-order chi connectivity index (χ0) is 15.3. The third-order valence-electron chi connectivity index (χ3n) is 2.51. The van der Waals surface area contributed by atoms with Crippen LogP contribution in [0.1, 0.15) is 11.9 Å². The molecule has 0 aliphatic carbocycles. The van der Waals surface area contributed by atoms with Gasteiger partial charge in [-0.05, 0) is 30.7 Å². The van der Waals surface area contributed by atoms with Crippen LogP contribution in [0.15, 0.2) is 29.2 Å². The van der Waals surface area contributed by atoms with E-state index in [0.29, 0.717) is 16.6 Å². The molecule has 0 saturated heterocycles. The van der Waals surface area contributed by atoms with Crippen LogP contribution in [0.2, 0.25) is 0 Å². The fourth-order valence-electron chi connectivity index (χ4n) is 1.46. The minimum Gasteiger partial charge on any atom is -0.399 e. The van der Waals surface area contributed by atoms with Gasteiger partial charge in [0.2, 0.25) is 15.2 Å². The number of thioether (sulfide) groups is 1. The van der Waals surface area contributed by atoms with Crippen molar-refractivity contribution < 1.29 is 8.42 Å². The van der Waals surface area contributed by atoms with Gasteiger partial charge in [0.1, 0.15) is 5.01 Å². The maximum atomic E-state index is 11.9. The molecule has 0 fully saturated rings. The van der Waals surface area contributed by atoms with Crippen molar-refractivity contribution in [3.8, 4) is 0 Å². The number of nitrogens with two attached hydrogens (primary N) is 1. The van der Waals surface area contributed by atoms with Gasteiger partial charge < -0.3 is 5.73 Å². The second-order valence-electron chi connectivity index (χ2n) is 4.19. The molecule has 0 bridgehead atoms. The fraction of sp³-hybridized carbons (Fsp3) is 0.333. The molecule has 2 aromatic rings. The zero-order valence-electron chi connectivity index (χ0n) is 11.4. The molecule has 1 aromatic heterocycles. The molecule has 0 radical (unpaired) electrons. The van der Waals surface area contributed by atoms with Gasteiger partial charge in [0.25, 0.3) is 0 Å². The summed E-state index contributed by atoms with van der Waals surface area (Å²) in [6, 6.07) is 7.34. The zero-order valence-corrected chi connectivity index (χ0v) is 13.9. The van der Waals surface area contributed by atoms with E-state index in [2.05, 4.69) is 14.9 Å². The van der Waals surface area contributed by atoms with Crippen molar-refractivity contribution in [3.63, 3.8) is 0 Å². The van der Waals surface area contributed by atoms with Crippen LogP contribution in [0.3, 0.4) is 0 Å². The van der Waals surface area contributed by atoms with Crippen LogP contribution in [-0.4, -0.2) is 30.1 Å². The lowest BCUT2D eigenvalue weighted by Crippen LogP contribution is -2.18. The molecule has 1 heterocycles. The first-order valence-corrected chi connectivity index (χ1v) is 9.75. The molecule has 0 aliphatic heterocycles. The molecule has 3 N–H and O–H groups in total. The lowest BCUT2D eigenvalue weighted by molar-refractivity contribution is 0.602. The van der Waals surface area contributed by atoms with Gasteiger partial charge in [0.05, 0.1) is 5.75 Å². The Morgan fingerprint density at radius 1 is 1.29 bits per heavy atom. The smallest absolute Gasteiger partial charge is 0.235 e. The van der Waals surface area contributed by atoms with Crippen LogP contribution < -0.4 is 10.5 Å². The number of hydrogen-bond donors (Lipinski definition) is 2. The van der Waals surface area contributed by atoms with Crippen LogP contribution >= 0.6 is 23.1 Å². The second kappa shape index (κ2) is 7.10. The molecule has 9 heteroatoms. The summed E-state index contributed by atoms with van der Waals surface area (Å²) >= 11 is 2.73. The van der Waals surface area contributed by atoms with Crippen molar-refractivity contribution in [2.75, 3.05) is 22.0 Å². The molecule has 0 unspecified atom stereocenters. The summed E-state index contributed by atoms with van der Waals surface area (Å²) in [6.07, 6.45) is 0.742. The summed E-state index contributed by atoms with van der Waals surface area (Å²) in [6.45, 7) is 1.95. The summed E-state index contributed by atoms with van der Waals surface area (Å²) in [4.78, 5) is 0.989. The van der Waals surface area contributed by atoms with Gasteiger partial charge in [0, 0.05) is 16.3 Å². The van der Waals surface area contributed by atoms with Gasteiger partial charge in [-0.1, -0.05) is 18.3 Å². The standard InChI is InChI=1S/C12H16N4O2S3/c1-2-11-14-15-12(20-11)16-21(17,18)8-7-19-10-5-3-9(13)4-6-10/h3-6H,2,7-8,13H2,1H3,(H,15,16). The van der Waals surface area contributed by atoms with E-state index in [1.54, 1.807) is 12.1 Å². The van der Waals surface area contributed by atoms with Gasteiger partial charge in [-0.25, -0.2) is 8.42 Å². The number of nitrogens with one attached hydrogen (secondary N) is 1. The molecule has 0 spiro atoms. The number of rotatable bonds is 7. The van der Waals surface area contributed by atoms with E-state index in [1.165, 1.54) is 23.1 Å². The topological polar surface area (TPSA) is 98.0 Å². The van der Waals surface area contributed by atoms with E-state index >= 15 is 0 Å². The highest BCUT2D eigenvalue weighted by Crippen LogP contribution is 2.21. The predicted octanol–water partition coefficient (Wildman–Crippen LogP) is 2.22. The Bertz CT molecular complexity index is 683. The summed E-state index contributed by atoms with van der Waals surface area (Å²) in [7, 11) is -3.40. The first-order chi connectivity index (χ1) is 9.98. The van der Waals surface area contributed by atoms with E-state index in [-0.39, 0.29) is 5.75 Å². The van der Waals surface area contributed by atoms with Gasteiger partial charge >= 0.3 is 0 Å². The normalized spacial score (nSPS) is 11.5. The number of aryl methyl sites for hydroxylation is 1. The third kappa shape index (κ3) is 5.18. The van der Waals surface area contributed by atoms with E-state index in [1.807, 2.05) is 19.1 Å². The average Bonchev–Trinajstić information content (AvgIpc) is 2.87. The van der Waals surface area contributed by atoms with Crippen molar-refractivity contribution in [2.45, 2.75) is 18.2 Å². The second-order valence-corrected chi connectivity index (χ2v) is 8.27. The molecule has 0 saturated carbocycles. The molecule has 114 valence electrons. The molecule has 0 amide bonds. The number of aromatic nitrogens is 2. The molecule has 0 aliphatic rings. The number of sulfonamides is 1. The van der Waals surface area contributed by atoms with Crippen molar-refractivity contribution in [1.82, 2.24) is 10.2 Å². The molecule has 0 atom stereocenters. The highest BCUT2D eigenvalue weighted by molar-refractivity contribution is 8.01. The predicted molar refractivity (Wildman–Crippen MR) is 88.3 cm³/mol. The summed E-state index contributed by atoms with van der Waals surface area (Å²) in [5.74, 6) is 0.474. The van der Waals surface area contributed by atoms with Crippen LogP contribution in [0.5, 0.6) is 0 Å². The Labute approximate surface area is 132 Å². The van der Waals surface area contributed by atoms with Gasteiger partial charge in [-0.2, -0.15) is 0 Å². The molecule has 2 rings (SSSR count). The van der Waals surface area contributed by atoms with Crippen LogP contribution in [-0.2, 0) is 16.4 Å². The quantitative estimate of drug-likeness (QED) is 0.590. The Kier molecular flexibility index (Phi) is 5.43. The highest BCUT2D eigenvalue weighted by atomic mass is 32.2. The van der Waals surface area contributed by atoms with Crippen molar-refractivity contribution in [3.05, 3.63) is 29.3 Å². The Balaban J connectivity index is 1.85. The van der Waals surface area contributed by atoms with Crippen LogP contribution in [0, 0.1) is 0 Å². The van der Waals surface area contributed by atoms with E-state index in [4.69, 9.17) is 5.73 Å². The Hall–Kier alpha value is -1.32. The molecule has 6 nitrogen and oxygen atoms in total.